The van der Waals surface area contributed by atoms with Crippen LogP contribution >= 0.6 is 11.6 Å². The summed E-state index contributed by atoms with van der Waals surface area (Å²) in [5.74, 6) is -0.730. The number of sulfonamides is 1. The Hall–Kier alpha value is -1.91. The summed E-state index contributed by atoms with van der Waals surface area (Å²) in [6.45, 7) is 1.92. The van der Waals surface area contributed by atoms with Gasteiger partial charge in [0.2, 0.25) is 15.9 Å². The molecule has 0 bridgehead atoms. The van der Waals surface area contributed by atoms with Crippen molar-refractivity contribution in [1.29, 1.82) is 0 Å². The van der Waals surface area contributed by atoms with Crippen molar-refractivity contribution in [2.75, 3.05) is 18.8 Å². The minimum Gasteiger partial charge on any atom is -0.474 e. The van der Waals surface area contributed by atoms with E-state index in [0.717, 1.165) is 0 Å². The number of amides is 3. The van der Waals surface area contributed by atoms with Crippen LogP contribution in [0.1, 0.15) is 19.8 Å². The third-order valence-electron chi connectivity index (χ3n) is 4.36. The Bertz CT molecular complexity index is 825. The Labute approximate surface area is 156 Å². The van der Waals surface area contributed by atoms with E-state index >= 15 is 0 Å². The van der Waals surface area contributed by atoms with E-state index in [4.69, 9.17) is 16.3 Å². The summed E-state index contributed by atoms with van der Waals surface area (Å²) in [5, 5.41) is 4.76. The molecule has 0 saturated carbocycles. The van der Waals surface area contributed by atoms with Crippen molar-refractivity contribution >= 4 is 33.6 Å². The average molecular weight is 403 g/mol. The van der Waals surface area contributed by atoms with Gasteiger partial charge in [0.05, 0.1) is 5.75 Å². The number of imide groups is 1. The van der Waals surface area contributed by atoms with Gasteiger partial charge >= 0.3 is 6.03 Å². The smallest absolute Gasteiger partial charge is 0.322 e. The van der Waals surface area contributed by atoms with Crippen molar-refractivity contribution in [3.63, 3.8) is 0 Å². The number of rotatable bonds is 5. The van der Waals surface area contributed by atoms with Gasteiger partial charge in [-0.05, 0) is 25.8 Å². The van der Waals surface area contributed by atoms with Gasteiger partial charge in [-0.3, -0.25) is 10.1 Å². The lowest BCUT2D eigenvalue weighted by Crippen LogP contribution is -2.53. The highest BCUT2D eigenvalue weighted by molar-refractivity contribution is 7.89. The molecular weight excluding hydrogens is 384 g/mol. The monoisotopic (exact) mass is 402 g/mol. The minimum absolute atomic E-state index is 0.169. The molecule has 2 fully saturated rings. The molecule has 9 nitrogen and oxygen atoms in total. The number of carbonyl (C=O) groups excluding carboxylic acids is 2. The van der Waals surface area contributed by atoms with E-state index in [1.54, 1.807) is 18.2 Å². The van der Waals surface area contributed by atoms with Crippen LogP contribution < -0.4 is 15.4 Å². The number of ether oxygens (including phenoxy) is 1. The molecule has 0 spiro atoms. The van der Waals surface area contributed by atoms with Crippen LogP contribution in [0, 0.1) is 0 Å². The second kappa shape index (κ2) is 7.01. The van der Waals surface area contributed by atoms with E-state index in [1.165, 1.54) is 11.2 Å². The van der Waals surface area contributed by atoms with Gasteiger partial charge in [0, 0.05) is 19.2 Å². The first-order valence-corrected chi connectivity index (χ1v) is 10.1. The lowest BCUT2D eigenvalue weighted by molar-refractivity contribution is -0.122. The fourth-order valence-corrected chi connectivity index (χ4v) is 5.03. The van der Waals surface area contributed by atoms with Gasteiger partial charge in [-0.25, -0.2) is 22.5 Å². The number of halogens is 1. The molecule has 0 unspecified atom stereocenters. The predicted octanol–water partition coefficient (Wildman–Crippen LogP) is 0.506. The number of aromatic nitrogens is 1. The molecule has 2 aliphatic rings. The highest BCUT2D eigenvalue weighted by Crippen LogP contribution is 2.22. The number of nitrogens with one attached hydrogen (secondary N) is 2. The van der Waals surface area contributed by atoms with E-state index in [2.05, 4.69) is 15.6 Å². The summed E-state index contributed by atoms with van der Waals surface area (Å²) in [7, 11) is -3.72. The summed E-state index contributed by atoms with van der Waals surface area (Å²) in [5.41, 5.74) is -1.46. The Balaban J connectivity index is 1.58. The molecule has 1 aromatic heterocycles. The Kier molecular flexibility index (Phi) is 5.09. The van der Waals surface area contributed by atoms with Crippen LogP contribution in [0.15, 0.2) is 18.2 Å². The quantitative estimate of drug-likeness (QED) is 0.547. The number of pyridine rings is 1. The predicted molar refractivity (Wildman–Crippen MR) is 93.3 cm³/mol. The molecule has 3 heterocycles. The number of urea groups is 1. The second-order valence-electron chi connectivity index (χ2n) is 6.51. The number of piperidine rings is 1. The molecular formula is C15H19ClN4O5S. The molecule has 3 rings (SSSR count). The van der Waals surface area contributed by atoms with E-state index < -0.39 is 33.3 Å². The van der Waals surface area contributed by atoms with E-state index in [1.807, 2.05) is 0 Å². The molecule has 0 aliphatic carbocycles. The van der Waals surface area contributed by atoms with Crippen LogP contribution in [0.3, 0.4) is 0 Å². The van der Waals surface area contributed by atoms with Crippen molar-refractivity contribution in [2.45, 2.75) is 31.4 Å². The molecule has 0 radical (unpaired) electrons. The van der Waals surface area contributed by atoms with Gasteiger partial charge in [-0.2, -0.15) is 0 Å². The lowest BCUT2D eigenvalue weighted by Gasteiger charge is -2.33. The Morgan fingerprint density at radius 1 is 1.35 bits per heavy atom. The molecule has 26 heavy (non-hydrogen) atoms. The van der Waals surface area contributed by atoms with Crippen LogP contribution in [-0.2, 0) is 14.8 Å². The maximum absolute atomic E-state index is 12.6. The van der Waals surface area contributed by atoms with Gasteiger partial charge in [-0.1, -0.05) is 17.7 Å². The van der Waals surface area contributed by atoms with Gasteiger partial charge < -0.3 is 10.1 Å². The Morgan fingerprint density at radius 2 is 2.04 bits per heavy atom. The van der Waals surface area contributed by atoms with Crippen molar-refractivity contribution in [3.05, 3.63) is 23.4 Å². The van der Waals surface area contributed by atoms with Crippen LogP contribution in [0.25, 0.3) is 0 Å². The average Bonchev–Trinajstić information content (AvgIpc) is 2.79. The number of hydrogen-bond acceptors (Lipinski definition) is 6. The minimum atomic E-state index is -3.72. The zero-order valence-corrected chi connectivity index (χ0v) is 15.6. The maximum atomic E-state index is 12.6. The van der Waals surface area contributed by atoms with Crippen molar-refractivity contribution in [1.82, 2.24) is 19.9 Å². The molecule has 2 aliphatic heterocycles. The van der Waals surface area contributed by atoms with Crippen LogP contribution in [0.5, 0.6) is 5.88 Å². The molecule has 1 atom stereocenters. The zero-order chi connectivity index (χ0) is 18.9. The lowest BCUT2D eigenvalue weighted by atomic mass is 10.1. The maximum Gasteiger partial charge on any atom is 0.322 e. The topological polar surface area (TPSA) is 118 Å². The van der Waals surface area contributed by atoms with Gasteiger partial charge in [0.15, 0.2) is 0 Å². The highest BCUT2D eigenvalue weighted by Gasteiger charge is 2.46. The summed E-state index contributed by atoms with van der Waals surface area (Å²) in [4.78, 5) is 27.2. The normalized spacial score (nSPS) is 25.0. The largest absolute Gasteiger partial charge is 0.474 e. The first kappa shape index (κ1) is 18.9. The second-order valence-corrected chi connectivity index (χ2v) is 8.87. The van der Waals surface area contributed by atoms with Gasteiger partial charge in [-0.15, -0.1) is 0 Å². The van der Waals surface area contributed by atoms with Crippen molar-refractivity contribution in [2.24, 2.45) is 0 Å². The molecule has 142 valence electrons. The number of hydrogen-bond donors (Lipinski definition) is 2. The van der Waals surface area contributed by atoms with Crippen molar-refractivity contribution < 1.29 is 22.7 Å². The molecule has 11 heteroatoms. The standard InChI is InChI=1S/C15H19ClN4O5S/c1-15(13(21)18-14(22)19-15)9-26(23,24)20-7-5-10(6-8-20)25-12-4-2-3-11(16)17-12/h2-4,10H,5-9H2,1H3,(H2,18,19,21,22)/t15-/m1/s1. The summed E-state index contributed by atoms with van der Waals surface area (Å²) in [6.07, 6.45) is 0.809. The molecule has 0 aromatic carbocycles. The van der Waals surface area contributed by atoms with Gasteiger partial charge in [0.1, 0.15) is 16.8 Å². The molecule has 2 N–H and O–H groups in total. The summed E-state index contributed by atoms with van der Waals surface area (Å²) >= 11 is 5.82. The first-order valence-electron chi connectivity index (χ1n) is 8.09. The third kappa shape index (κ3) is 4.08. The number of nitrogens with zero attached hydrogens (tertiary/aromatic N) is 2. The summed E-state index contributed by atoms with van der Waals surface area (Å²) < 4.78 is 32.3. The van der Waals surface area contributed by atoms with Gasteiger partial charge in [0.25, 0.3) is 5.91 Å². The van der Waals surface area contributed by atoms with Crippen LogP contribution in [0.2, 0.25) is 5.15 Å². The fraction of sp³-hybridized carbons (Fsp3) is 0.533. The van der Waals surface area contributed by atoms with Crippen molar-refractivity contribution in [3.8, 4) is 5.88 Å². The van der Waals surface area contributed by atoms with E-state index in [-0.39, 0.29) is 19.2 Å². The third-order valence-corrected chi connectivity index (χ3v) is 6.66. The number of carbonyl (C=O) groups is 2. The molecule has 1 aromatic rings. The first-order chi connectivity index (χ1) is 12.2. The molecule has 3 amide bonds. The van der Waals surface area contributed by atoms with Crippen LogP contribution in [0.4, 0.5) is 4.79 Å². The van der Waals surface area contributed by atoms with Crippen LogP contribution in [-0.4, -0.2) is 60.1 Å². The SMILES string of the molecule is C[C@]1(CS(=O)(=O)N2CCC(Oc3cccc(Cl)n3)CC2)NC(=O)NC1=O. The summed E-state index contributed by atoms with van der Waals surface area (Å²) in [6, 6.07) is 4.37. The highest BCUT2D eigenvalue weighted by atomic mass is 35.5. The zero-order valence-electron chi connectivity index (χ0n) is 14.1. The fourth-order valence-electron chi connectivity index (χ4n) is 2.99. The van der Waals surface area contributed by atoms with E-state index in [0.29, 0.717) is 23.9 Å². The van der Waals surface area contributed by atoms with E-state index in [9.17, 15) is 18.0 Å². The molecule has 2 saturated heterocycles. The Morgan fingerprint density at radius 3 is 2.62 bits per heavy atom.